The third-order valence-electron chi connectivity index (χ3n) is 3.82. The molecule has 0 atom stereocenters. The van der Waals surface area contributed by atoms with Gasteiger partial charge in [-0.15, -0.1) is 0 Å². The fourth-order valence-corrected chi connectivity index (χ4v) is 3.78. The standard InChI is InChI=1S/C16H14F3NO2S/c17-16(18,19)13-5-2-6-15(10-13)23(21,22)20-14-8-7-11-3-1-4-12(11)9-14/h2,5-10,20H,1,3-4H2. The van der Waals surface area contributed by atoms with Crippen LogP contribution in [0.25, 0.3) is 0 Å². The van der Waals surface area contributed by atoms with Gasteiger partial charge in [0, 0.05) is 5.69 Å². The number of benzene rings is 2. The monoisotopic (exact) mass is 341 g/mol. The van der Waals surface area contributed by atoms with Crippen LogP contribution in [0.15, 0.2) is 47.4 Å². The molecule has 0 heterocycles. The van der Waals surface area contributed by atoms with E-state index in [1.807, 2.05) is 6.07 Å². The van der Waals surface area contributed by atoms with Crippen molar-refractivity contribution in [3.8, 4) is 0 Å². The van der Waals surface area contributed by atoms with Crippen LogP contribution in [0.2, 0.25) is 0 Å². The largest absolute Gasteiger partial charge is 0.416 e. The number of anilines is 1. The van der Waals surface area contributed by atoms with E-state index in [1.54, 1.807) is 12.1 Å². The van der Waals surface area contributed by atoms with Gasteiger partial charge in [-0.3, -0.25) is 4.72 Å². The molecular formula is C16H14F3NO2S. The number of halogens is 3. The Balaban J connectivity index is 1.90. The normalized spacial score (nSPS) is 14.6. The number of hydrogen-bond acceptors (Lipinski definition) is 2. The van der Waals surface area contributed by atoms with E-state index in [1.165, 1.54) is 5.56 Å². The lowest BCUT2D eigenvalue weighted by Gasteiger charge is -2.12. The number of alkyl halides is 3. The molecule has 0 saturated carbocycles. The van der Waals surface area contributed by atoms with Crippen LogP contribution < -0.4 is 4.72 Å². The van der Waals surface area contributed by atoms with E-state index < -0.39 is 26.7 Å². The highest BCUT2D eigenvalue weighted by Crippen LogP contribution is 2.31. The van der Waals surface area contributed by atoms with E-state index in [9.17, 15) is 21.6 Å². The molecule has 2 aromatic carbocycles. The molecule has 7 heteroatoms. The van der Waals surface area contributed by atoms with Gasteiger partial charge in [0.15, 0.2) is 0 Å². The maximum atomic E-state index is 12.7. The van der Waals surface area contributed by atoms with Crippen LogP contribution in [0.4, 0.5) is 18.9 Å². The molecule has 0 unspecified atom stereocenters. The molecule has 0 radical (unpaired) electrons. The van der Waals surface area contributed by atoms with Crippen molar-refractivity contribution in [3.05, 3.63) is 59.2 Å². The summed E-state index contributed by atoms with van der Waals surface area (Å²) >= 11 is 0. The fourth-order valence-electron chi connectivity index (χ4n) is 2.69. The summed E-state index contributed by atoms with van der Waals surface area (Å²) in [5.74, 6) is 0. The fraction of sp³-hybridized carbons (Fsp3) is 0.250. The molecule has 122 valence electrons. The molecule has 0 fully saturated rings. The summed E-state index contributed by atoms with van der Waals surface area (Å²) in [5.41, 5.74) is 1.64. The highest BCUT2D eigenvalue weighted by Gasteiger charge is 2.31. The summed E-state index contributed by atoms with van der Waals surface area (Å²) in [6.07, 6.45) is -1.71. The summed E-state index contributed by atoms with van der Waals surface area (Å²) in [7, 11) is -4.06. The predicted molar refractivity (Wildman–Crippen MR) is 80.7 cm³/mol. The second kappa shape index (κ2) is 5.56. The Morgan fingerprint density at radius 2 is 1.70 bits per heavy atom. The smallest absolute Gasteiger partial charge is 0.280 e. The number of aryl methyl sites for hydroxylation is 2. The van der Waals surface area contributed by atoms with E-state index in [0.717, 1.165) is 43.0 Å². The SMILES string of the molecule is O=S(=O)(Nc1ccc2c(c1)CCC2)c1cccc(C(F)(F)F)c1. The molecule has 2 aromatic rings. The molecule has 1 aliphatic carbocycles. The van der Waals surface area contributed by atoms with Crippen molar-refractivity contribution in [2.45, 2.75) is 30.3 Å². The number of sulfonamides is 1. The second-order valence-electron chi connectivity index (χ2n) is 5.47. The molecule has 0 bridgehead atoms. The van der Waals surface area contributed by atoms with Crippen LogP contribution in [-0.2, 0) is 29.0 Å². The Bertz CT molecular complexity index is 845. The Morgan fingerprint density at radius 1 is 0.957 bits per heavy atom. The van der Waals surface area contributed by atoms with Crippen LogP contribution >= 0.6 is 0 Å². The number of fused-ring (bicyclic) bond motifs is 1. The lowest BCUT2D eigenvalue weighted by Crippen LogP contribution is -2.14. The van der Waals surface area contributed by atoms with Gasteiger partial charge < -0.3 is 0 Å². The van der Waals surface area contributed by atoms with Gasteiger partial charge in [0.25, 0.3) is 10.0 Å². The minimum Gasteiger partial charge on any atom is -0.280 e. The van der Waals surface area contributed by atoms with Gasteiger partial charge in [-0.25, -0.2) is 8.42 Å². The van der Waals surface area contributed by atoms with E-state index >= 15 is 0 Å². The van der Waals surface area contributed by atoms with E-state index in [2.05, 4.69) is 4.72 Å². The lowest BCUT2D eigenvalue weighted by molar-refractivity contribution is -0.137. The number of hydrogen-bond donors (Lipinski definition) is 1. The lowest BCUT2D eigenvalue weighted by atomic mass is 10.1. The molecular weight excluding hydrogens is 327 g/mol. The minimum atomic E-state index is -4.58. The minimum absolute atomic E-state index is 0.364. The predicted octanol–water partition coefficient (Wildman–Crippen LogP) is 3.99. The zero-order chi connectivity index (χ0) is 16.7. The summed E-state index contributed by atoms with van der Waals surface area (Å²) < 4.78 is 65.1. The topological polar surface area (TPSA) is 46.2 Å². The van der Waals surface area contributed by atoms with E-state index in [-0.39, 0.29) is 0 Å². The van der Waals surface area contributed by atoms with Crippen LogP contribution in [0.1, 0.15) is 23.1 Å². The van der Waals surface area contributed by atoms with E-state index in [0.29, 0.717) is 11.8 Å². The molecule has 23 heavy (non-hydrogen) atoms. The maximum Gasteiger partial charge on any atom is 0.416 e. The van der Waals surface area contributed by atoms with Gasteiger partial charge in [0.2, 0.25) is 0 Å². The highest BCUT2D eigenvalue weighted by molar-refractivity contribution is 7.92. The van der Waals surface area contributed by atoms with Gasteiger partial charge in [0.05, 0.1) is 10.5 Å². The van der Waals surface area contributed by atoms with Crippen molar-refractivity contribution in [1.29, 1.82) is 0 Å². The summed E-state index contributed by atoms with van der Waals surface area (Å²) in [6.45, 7) is 0. The second-order valence-corrected chi connectivity index (χ2v) is 7.15. The van der Waals surface area contributed by atoms with Gasteiger partial charge in [-0.1, -0.05) is 12.1 Å². The molecule has 0 aromatic heterocycles. The van der Waals surface area contributed by atoms with Crippen LogP contribution in [0, 0.1) is 0 Å². The average Bonchev–Trinajstić information content (AvgIpc) is 2.93. The summed E-state index contributed by atoms with van der Waals surface area (Å²) in [6, 6.07) is 8.93. The first-order valence-electron chi connectivity index (χ1n) is 7.08. The van der Waals surface area contributed by atoms with E-state index in [4.69, 9.17) is 0 Å². The summed E-state index contributed by atoms with van der Waals surface area (Å²) in [5, 5.41) is 0. The molecule has 0 saturated heterocycles. The molecule has 1 N–H and O–H groups in total. The Kier molecular flexibility index (Phi) is 3.83. The molecule has 0 spiro atoms. The van der Waals surface area contributed by atoms with Crippen molar-refractivity contribution >= 4 is 15.7 Å². The van der Waals surface area contributed by atoms with Gasteiger partial charge >= 0.3 is 6.18 Å². The number of nitrogens with one attached hydrogen (secondary N) is 1. The Morgan fingerprint density at radius 3 is 2.43 bits per heavy atom. The van der Waals surface area contributed by atoms with Crippen LogP contribution in [0.3, 0.4) is 0 Å². The van der Waals surface area contributed by atoms with Gasteiger partial charge in [0.1, 0.15) is 0 Å². The first kappa shape index (κ1) is 15.9. The Labute approximate surface area is 132 Å². The molecule has 3 nitrogen and oxygen atoms in total. The van der Waals surface area contributed by atoms with Crippen molar-refractivity contribution in [3.63, 3.8) is 0 Å². The highest BCUT2D eigenvalue weighted by atomic mass is 32.2. The third kappa shape index (κ3) is 3.34. The van der Waals surface area contributed by atoms with Crippen molar-refractivity contribution < 1.29 is 21.6 Å². The van der Waals surface area contributed by atoms with Crippen LogP contribution in [0.5, 0.6) is 0 Å². The number of rotatable bonds is 3. The summed E-state index contributed by atoms with van der Waals surface area (Å²) in [4.78, 5) is -0.409. The zero-order valence-corrected chi connectivity index (χ0v) is 12.8. The first-order valence-corrected chi connectivity index (χ1v) is 8.56. The molecule has 0 amide bonds. The van der Waals surface area contributed by atoms with Crippen molar-refractivity contribution in [2.24, 2.45) is 0 Å². The maximum absolute atomic E-state index is 12.7. The van der Waals surface area contributed by atoms with Gasteiger partial charge in [-0.2, -0.15) is 13.2 Å². The molecule has 1 aliphatic rings. The molecule has 0 aliphatic heterocycles. The Hall–Kier alpha value is -2.02. The zero-order valence-electron chi connectivity index (χ0n) is 12.0. The van der Waals surface area contributed by atoms with Gasteiger partial charge in [-0.05, 0) is 60.7 Å². The van der Waals surface area contributed by atoms with Crippen LogP contribution in [-0.4, -0.2) is 8.42 Å². The van der Waals surface area contributed by atoms with Crippen molar-refractivity contribution in [2.75, 3.05) is 4.72 Å². The first-order chi connectivity index (χ1) is 10.8. The van der Waals surface area contributed by atoms with Crippen molar-refractivity contribution in [1.82, 2.24) is 0 Å². The third-order valence-corrected chi connectivity index (χ3v) is 5.20. The quantitative estimate of drug-likeness (QED) is 0.917. The molecule has 3 rings (SSSR count). The average molecular weight is 341 g/mol.